The summed E-state index contributed by atoms with van der Waals surface area (Å²) in [4.78, 5) is 11.2. The van der Waals surface area contributed by atoms with Gasteiger partial charge in [0.25, 0.3) is 0 Å². The number of benzene rings is 1. The lowest BCUT2D eigenvalue weighted by Crippen LogP contribution is -2.41. The molecule has 0 heterocycles. The van der Waals surface area contributed by atoms with Crippen LogP contribution in [0.1, 0.15) is 25.5 Å². The molecule has 8 heteroatoms. The van der Waals surface area contributed by atoms with Crippen LogP contribution in [0.2, 0.25) is 0 Å². The Balaban J connectivity index is 0.00000400. The minimum atomic E-state index is -3.86. The lowest BCUT2D eigenvalue weighted by molar-refractivity contribution is -0.174. The molecule has 0 spiro atoms. The lowest BCUT2D eigenvalue weighted by atomic mass is 10.0. The highest BCUT2D eigenvalue weighted by Crippen LogP contribution is 2.35. The first kappa shape index (κ1) is 19.4. The number of nitrogens with two attached hydrogens (primary N) is 1. The summed E-state index contributed by atoms with van der Waals surface area (Å²) in [5.41, 5.74) is 5.39. The number of hydrogen-bond acceptors (Lipinski definition) is 5. The Kier molecular flexibility index (Phi) is 7.38. The second-order valence-electron chi connectivity index (χ2n) is 3.98. The summed E-state index contributed by atoms with van der Waals surface area (Å²) < 4.78 is 37.0. The van der Waals surface area contributed by atoms with E-state index < -0.39 is 17.9 Å². The molecule has 0 fully saturated rings. The third-order valence-electron chi connectivity index (χ3n) is 2.58. The summed E-state index contributed by atoms with van der Waals surface area (Å²) in [6.07, 6.45) is 0. The van der Waals surface area contributed by atoms with Crippen molar-refractivity contribution in [2.24, 2.45) is 5.73 Å². The van der Waals surface area contributed by atoms with Gasteiger partial charge in [-0.1, -0.05) is 6.07 Å². The van der Waals surface area contributed by atoms with Crippen LogP contribution in [0.5, 0.6) is 11.5 Å². The molecule has 0 aliphatic carbocycles. The zero-order valence-electron chi connectivity index (χ0n) is 11.6. The standard InChI is InChI=1S/C13H17F2NO4.ClH/c1-3-19-10-7-8(5-6-9(10)17)11(16)13(14,15)12(18)20-4-2;/h5-7,11,17H,3-4,16H2,1-2H3;1H/t11-;/m0./s1. The van der Waals surface area contributed by atoms with Gasteiger partial charge in [-0.05, 0) is 31.5 Å². The summed E-state index contributed by atoms with van der Waals surface area (Å²) in [5.74, 6) is -5.71. The van der Waals surface area contributed by atoms with Crippen LogP contribution in [-0.2, 0) is 9.53 Å². The van der Waals surface area contributed by atoms with Crippen LogP contribution in [-0.4, -0.2) is 30.2 Å². The second kappa shape index (κ2) is 7.99. The van der Waals surface area contributed by atoms with Crippen molar-refractivity contribution < 1.29 is 28.2 Å². The average Bonchev–Trinajstić information content (AvgIpc) is 2.41. The molecule has 0 aliphatic heterocycles. The molecule has 1 aromatic rings. The number of halogens is 3. The lowest BCUT2D eigenvalue weighted by Gasteiger charge is -2.22. The van der Waals surface area contributed by atoms with Crippen molar-refractivity contribution in [2.75, 3.05) is 13.2 Å². The van der Waals surface area contributed by atoms with E-state index in [0.717, 1.165) is 0 Å². The molecule has 1 rings (SSSR count). The maximum Gasteiger partial charge on any atom is 0.379 e. The molecule has 0 unspecified atom stereocenters. The van der Waals surface area contributed by atoms with E-state index in [-0.39, 0.29) is 42.7 Å². The smallest absolute Gasteiger partial charge is 0.379 e. The Bertz CT molecular complexity index is 485. The largest absolute Gasteiger partial charge is 0.504 e. The van der Waals surface area contributed by atoms with Crippen molar-refractivity contribution in [1.82, 2.24) is 0 Å². The van der Waals surface area contributed by atoms with Crippen LogP contribution in [0.3, 0.4) is 0 Å². The molecule has 0 aliphatic rings. The number of carbonyl (C=O) groups excluding carboxylic acids is 1. The zero-order chi connectivity index (χ0) is 15.3. The molecule has 5 nitrogen and oxygen atoms in total. The van der Waals surface area contributed by atoms with E-state index in [0.29, 0.717) is 0 Å². The van der Waals surface area contributed by atoms with Crippen LogP contribution in [0.15, 0.2) is 18.2 Å². The van der Waals surface area contributed by atoms with E-state index in [4.69, 9.17) is 10.5 Å². The summed E-state index contributed by atoms with van der Waals surface area (Å²) in [6.45, 7) is 3.19. The van der Waals surface area contributed by atoms with E-state index >= 15 is 0 Å². The number of esters is 1. The van der Waals surface area contributed by atoms with Crippen LogP contribution in [0.25, 0.3) is 0 Å². The number of rotatable bonds is 6. The van der Waals surface area contributed by atoms with Gasteiger partial charge in [-0.15, -0.1) is 12.4 Å². The van der Waals surface area contributed by atoms with Gasteiger partial charge in [-0.2, -0.15) is 8.78 Å². The van der Waals surface area contributed by atoms with Gasteiger partial charge in [-0.25, -0.2) is 4.79 Å². The number of aromatic hydroxyl groups is 1. The molecule has 0 saturated carbocycles. The number of alkyl halides is 2. The first-order valence-electron chi connectivity index (χ1n) is 6.10. The van der Waals surface area contributed by atoms with Crippen LogP contribution >= 0.6 is 12.4 Å². The summed E-state index contributed by atoms with van der Waals surface area (Å²) >= 11 is 0. The molecule has 0 radical (unpaired) electrons. The molecular formula is C13H18ClF2NO4. The third kappa shape index (κ3) is 4.44. The van der Waals surface area contributed by atoms with Gasteiger partial charge >= 0.3 is 11.9 Å². The van der Waals surface area contributed by atoms with Gasteiger partial charge < -0.3 is 20.3 Å². The third-order valence-corrected chi connectivity index (χ3v) is 2.58. The summed E-state index contributed by atoms with van der Waals surface area (Å²) in [7, 11) is 0. The minimum absolute atomic E-state index is 0. The predicted molar refractivity (Wildman–Crippen MR) is 75.0 cm³/mol. The minimum Gasteiger partial charge on any atom is -0.504 e. The van der Waals surface area contributed by atoms with Gasteiger partial charge in [0.2, 0.25) is 0 Å². The van der Waals surface area contributed by atoms with Gasteiger partial charge in [-0.3, -0.25) is 0 Å². The van der Waals surface area contributed by atoms with Crippen molar-refractivity contribution >= 4 is 18.4 Å². The first-order chi connectivity index (χ1) is 9.34. The van der Waals surface area contributed by atoms with E-state index in [1.54, 1.807) is 6.92 Å². The molecule has 0 bridgehead atoms. The Labute approximate surface area is 127 Å². The first-order valence-corrected chi connectivity index (χ1v) is 6.10. The van der Waals surface area contributed by atoms with Crippen molar-refractivity contribution in [3.8, 4) is 11.5 Å². The SMILES string of the molecule is CCOC(=O)C(F)(F)[C@@H](N)c1ccc(O)c(OCC)c1.Cl. The van der Waals surface area contributed by atoms with Gasteiger partial charge in [0.05, 0.1) is 13.2 Å². The number of ether oxygens (including phenoxy) is 2. The molecule has 0 amide bonds. The van der Waals surface area contributed by atoms with Crippen molar-refractivity contribution in [3.05, 3.63) is 23.8 Å². The molecule has 120 valence electrons. The molecule has 1 aromatic carbocycles. The van der Waals surface area contributed by atoms with Crippen molar-refractivity contribution in [2.45, 2.75) is 25.8 Å². The van der Waals surface area contributed by atoms with Gasteiger partial charge in [0, 0.05) is 0 Å². The van der Waals surface area contributed by atoms with E-state index in [1.165, 1.54) is 25.1 Å². The molecule has 0 aromatic heterocycles. The Morgan fingerprint density at radius 3 is 2.52 bits per heavy atom. The van der Waals surface area contributed by atoms with Gasteiger partial charge in [0.1, 0.15) is 6.04 Å². The van der Waals surface area contributed by atoms with E-state index in [9.17, 15) is 18.7 Å². The summed E-state index contributed by atoms with van der Waals surface area (Å²) in [5, 5.41) is 9.50. The van der Waals surface area contributed by atoms with Crippen LogP contribution < -0.4 is 10.5 Å². The number of hydrogen-bond donors (Lipinski definition) is 2. The maximum absolute atomic E-state index is 13.8. The normalized spacial score (nSPS) is 12.2. The maximum atomic E-state index is 13.8. The molecular weight excluding hydrogens is 308 g/mol. The molecule has 0 saturated heterocycles. The van der Waals surface area contributed by atoms with Crippen LogP contribution in [0, 0.1) is 0 Å². The van der Waals surface area contributed by atoms with Crippen LogP contribution in [0.4, 0.5) is 8.78 Å². The Hall–Kier alpha value is -1.60. The molecule has 3 N–H and O–H groups in total. The second-order valence-corrected chi connectivity index (χ2v) is 3.98. The van der Waals surface area contributed by atoms with E-state index in [1.807, 2.05) is 0 Å². The van der Waals surface area contributed by atoms with Crippen molar-refractivity contribution in [3.63, 3.8) is 0 Å². The highest BCUT2D eigenvalue weighted by atomic mass is 35.5. The Morgan fingerprint density at radius 1 is 1.38 bits per heavy atom. The van der Waals surface area contributed by atoms with E-state index in [2.05, 4.69) is 4.74 Å². The molecule has 1 atom stereocenters. The van der Waals surface area contributed by atoms with Gasteiger partial charge in [0.15, 0.2) is 11.5 Å². The number of phenolic OH excluding ortho intramolecular Hbond substituents is 1. The quantitative estimate of drug-likeness (QED) is 0.785. The van der Waals surface area contributed by atoms with Crippen molar-refractivity contribution in [1.29, 1.82) is 0 Å². The fourth-order valence-corrected chi connectivity index (χ4v) is 1.56. The number of phenols is 1. The summed E-state index contributed by atoms with van der Waals surface area (Å²) in [6, 6.07) is 1.68. The predicted octanol–water partition coefficient (Wildman–Crippen LogP) is 2.41. The monoisotopic (exact) mass is 325 g/mol. The Morgan fingerprint density at radius 2 is 2.00 bits per heavy atom. The average molecular weight is 326 g/mol. The highest BCUT2D eigenvalue weighted by molar-refractivity contribution is 5.85. The topological polar surface area (TPSA) is 81.8 Å². The number of carbonyl (C=O) groups is 1. The zero-order valence-corrected chi connectivity index (χ0v) is 12.5. The highest BCUT2D eigenvalue weighted by Gasteiger charge is 2.47. The molecule has 21 heavy (non-hydrogen) atoms. The fraction of sp³-hybridized carbons (Fsp3) is 0.462. The fourth-order valence-electron chi connectivity index (χ4n) is 1.56.